The van der Waals surface area contributed by atoms with Crippen LogP contribution in [0.2, 0.25) is 0 Å². The van der Waals surface area contributed by atoms with E-state index in [1.54, 1.807) is 11.3 Å². The molecule has 19 heavy (non-hydrogen) atoms. The lowest BCUT2D eigenvalue weighted by molar-refractivity contribution is -0.134. The van der Waals surface area contributed by atoms with Gasteiger partial charge in [0.25, 0.3) is 5.91 Å². The molecule has 0 N–H and O–H groups in total. The molecule has 2 heterocycles. The van der Waals surface area contributed by atoms with Crippen LogP contribution in [0.3, 0.4) is 0 Å². The molecule has 0 saturated carbocycles. The summed E-state index contributed by atoms with van der Waals surface area (Å²) in [6.07, 6.45) is 0.962. The lowest BCUT2D eigenvalue weighted by atomic mass is 10.1. The highest BCUT2D eigenvalue weighted by Crippen LogP contribution is 2.24. The normalized spacial score (nSPS) is 14.0. The molecule has 98 valence electrons. The molecule has 0 spiro atoms. The molecule has 4 heteroatoms. The molecule has 1 aromatic heterocycles. The summed E-state index contributed by atoms with van der Waals surface area (Å²) in [5.41, 5.74) is 1.28. The first-order valence-corrected chi connectivity index (χ1v) is 7.22. The van der Waals surface area contributed by atoms with Crippen LogP contribution in [-0.4, -0.2) is 24.0 Å². The van der Waals surface area contributed by atoms with Gasteiger partial charge < -0.3 is 9.64 Å². The topological polar surface area (TPSA) is 29.5 Å². The van der Waals surface area contributed by atoms with Gasteiger partial charge in [0, 0.05) is 18.0 Å². The van der Waals surface area contributed by atoms with E-state index in [4.69, 9.17) is 4.74 Å². The van der Waals surface area contributed by atoms with Gasteiger partial charge in [-0.05, 0) is 35.6 Å². The zero-order valence-electron chi connectivity index (χ0n) is 10.5. The number of fused-ring (bicyclic) bond motifs is 1. The Balaban J connectivity index is 1.57. The van der Waals surface area contributed by atoms with Gasteiger partial charge >= 0.3 is 0 Å². The summed E-state index contributed by atoms with van der Waals surface area (Å²) in [5, 5.41) is 2.10. The fourth-order valence-electron chi connectivity index (χ4n) is 2.21. The largest absolute Gasteiger partial charge is 0.484 e. The Morgan fingerprint density at radius 1 is 1.26 bits per heavy atom. The van der Waals surface area contributed by atoms with Crippen LogP contribution in [0.15, 0.2) is 41.8 Å². The summed E-state index contributed by atoms with van der Waals surface area (Å²) < 4.78 is 5.50. The first kappa shape index (κ1) is 12.2. The van der Waals surface area contributed by atoms with E-state index in [0.717, 1.165) is 25.3 Å². The van der Waals surface area contributed by atoms with Crippen molar-refractivity contribution in [3.63, 3.8) is 0 Å². The number of carbonyl (C=O) groups excluding carboxylic acids is 1. The summed E-state index contributed by atoms with van der Waals surface area (Å²) in [5.74, 6) is 0.796. The van der Waals surface area contributed by atoms with Crippen LogP contribution in [0.1, 0.15) is 10.4 Å². The number of para-hydroxylation sites is 1. The van der Waals surface area contributed by atoms with Gasteiger partial charge in [-0.3, -0.25) is 4.79 Å². The first-order valence-electron chi connectivity index (χ1n) is 6.34. The first-order chi connectivity index (χ1) is 9.33. The highest BCUT2D eigenvalue weighted by molar-refractivity contribution is 7.10. The molecule has 1 aromatic carbocycles. The van der Waals surface area contributed by atoms with Crippen LogP contribution in [0.5, 0.6) is 5.75 Å². The Hall–Kier alpha value is -1.81. The molecule has 0 saturated heterocycles. The quantitative estimate of drug-likeness (QED) is 0.860. The predicted octanol–water partition coefficient (Wildman–Crippen LogP) is 2.71. The fraction of sp³-hybridized carbons (Fsp3) is 0.267. The van der Waals surface area contributed by atoms with Crippen molar-refractivity contribution in [1.29, 1.82) is 0 Å². The Kier molecular flexibility index (Phi) is 3.51. The Morgan fingerprint density at radius 2 is 2.11 bits per heavy atom. The van der Waals surface area contributed by atoms with E-state index in [1.807, 2.05) is 35.2 Å². The maximum Gasteiger partial charge on any atom is 0.260 e. The molecule has 0 radical (unpaired) electrons. The third kappa shape index (κ3) is 2.79. The van der Waals surface area contributed by atoms with Gasteiger partial charge in [-0.15, -0.1) is 11.3 Å². The number of benzene rings is 1. The third-order valence-corrected chi connectivity index (χ3v) is 4.29. The monoisotopic (exact) mass is 273 g/mol. The van der Waals surface area contributed by atoms with Crippen LogP contribution in [-0.2, 0) is 17.8 Å². The molecule has 0 bridgehead atoms. The van der Waals surface area contributed by atoms with E-state index >= 15 is 0 Å². The smallest absolute Gasteiger partial charge is 0.260 e. The van der Waals surface area contributed by atoms with E-state index in [-0.39, 0.29) is 12.5 Å². The molecule has 0 unspecified atom stereocenters. The molecule has 1 aliphatic heterocycles. The van der Waals surface area contributed by atoms with E-state index in [1.165, 1.54) is 10.4 Å². The van der Waals surface area contributed by atoms with Crippen molar-refractivity contribution < 1.29 is 9.53 Å². The Bertz CT molecular complexity index is 565. The van der Waals surface area contributed by atoms with Gasteiger partial charge in [0.1, 0.15) is 5.75 Å². The third-order valence-electron chi connectivity index (χ3n) is 3.27. The van der Waals surface area contributed by atoms with Gasteiger partial charge in [0.05, 0.1) is 0 Å². The molecule has 1 aliphatic rings. The van der Waals surface area contributed by atoms with Crippen molar-refractivity contribution in [2.24, 2.45) is 0 Å². The van der Waals surface area contributed by atoms with Crippen molar-refractivity contribution in [2.45, 2.75) is 13.0 Å². The molecule has 1 amide bonds. The maximum atomic E-state index is 12.1. The van der Waals surface area contributed by atoms with Crippen LogP contribution < -0.4 is 4.74 Å². The maximum absolute atomic E-state index is 12.1. The summed E-state index contributed by atoms with van der Waals surface area (Å²) in [6, 6.07) is 11.6. The molecule has 2 aromatic rings. The van der Waals surface area contributed by atoms with E-state index in [9.17, 15) is 4.79 Å². The molecular formula is C15H15NO2S. The molecule has 3 rings (SSSR count). The number of hydrogen-bond donors (Lipinski definition) is 0. The molecular weight excluding hydrogens is 258 g/mol. The lowest BCUT2D eigenvalue weighted by Crippen LogP contribution is -2.38. The van der Waals surface area contributed by atoms with Gasteiger partial charge in [-0.2, -0.15) is 0 Å². The second kappa shape index (κ2) is 5.45. The van der Waals surface area contributed by atoms with Crippen molar-refractivity contribution in [2.75, 3.05) is 13.2 Å². The Labute approximate surface area is 116 Å². The minimum atomic E-state index is 0.0562. The standard InChI is InChI=1S/C15H15NO2S/c17-15(11-18-13-4-2-1-3-5-13)16-8-6-14-12(10-16)7-9-19-14/h1-5,7,9H,6,8,10-11H2. The van der Waals surface area contributed by atoms with Crippen molar-refractivity contribution in [3.8, 4) is 5.75 Å². The van der Waals surface area contributed by atoms with Crippen molar-refractivity contribution in [1.82, 2.24) is 4.90 Å². The van der Waals surface area contributed by atoms with Crippen molar-refractivity contribution >= 4 is 17.2 Å². The van der Waals surface area contributed by atoms with Crippen LogP contribution >= 0.6 is 11.3 Å². The Morgan fingerprint density at radius 3 is 2.95 bits per heavy atom. The van der Waals surface area contributed by atoms with Crippen LogP contribution in [0, 0.1) is 0 Å². The minimum Gasteiger partial charge on any atom is -0.484 e. The average molecular weight is 273 g/mol. The zero-order chi connectivity index (χ0) is 13.1. The number of nitrogens with zero attached hydrogens (tertiary/aromatic N) is 1. The number of ether oxygens (including phenoxy) is 1. The van der Waals surface area contributed by atoms with Gasteiger partial charge in [-0.1, -0.05) is 18.2 Å². The van der Waals surface area contributed by atoms with Gasteiger partial charge in [0.15, 0.2) is 6.61 Å². The number of rotatable bonds is 3. The molecule has 0 atom stereocenters. The highest BCUT2D eigenvalue weighted by Gasteiger charge is 2.21. The number of hydrogen-bond acceptors (Lipinski definition) is 3. The van der Waals surface area contributed by atoms with Crippen molar-refractivity contribution in [3.05, 3.63) is 52.2 Å². The number of carbonyl (C=O) groups is 1. The minimum absolute atomic E-state index is 0.0562. The highest BCUT2D eigenvalue weighted by atomic mass is 32.1. The van der Waals surface area contributed by atoms with E-state index in [2.05, 4.69) is 11.4 Å². The molecule has 0 aliphatic carbocycles. The predicted molar refractivity (Wildman–Crippen MR) is 75.4 cm³/mol. The van der Waals surface area contributed by atoms with E-state index < -0.39 is 0 Å². The van der Waals surface area contributed by atoms with Crippen LogP contribution in [0.25, 0.3) is 0 Å². The van der Waals surface area contributed by atoms with Gasteiger partial charge in [0.2, 0.25) is 0 Å². The lowest BCUT2D eigenvalue weighted by Gasteiger charge is -2.26. The number of thiophene rings is 1. The zero-order valence-corrected chi connectivity index (χ0v) is 11.4. The second-order valence-corrected chi connectivity index (χ2v) is 5.54. The molecule has 0 fully saturated rings. The van der Waals surface area contributed by atoms with E-state index in [0.29, 0.717) is 0 Å². The number of amides is 1. The SMILES string of the molecule is O=C(COc1ccccc1)N1CCc2sccc2C1. The molecule has 3 nitrogen and oxygen atoms in total. The summed E-state index contributed by atoms with van der Waals surface area (Å²) in [7, 11) is 0. The fourth-order valence-corrected chi connectivity index (χ4v) is 3.10. The second-order valence-electron chi connectivity index (χ2n) is 4.54. The summed E-state index contributed by atoms with van der Waals surface area (Å²) in [4.78, 5) is 15.4. The van der Waals surface area contributed by atoms with Gasteiger partial charge in [-0.25, -0.2) is 0 Å². The summed E-state index contributed by atoms with van der Waals surface area (Å²) >= 11 is 1.78. The summed E-state index contributed by atoms with van der Waals surface area (Å²) in [6.45, 7) is 1.63. The van der Waals surface area contributed by atoms with Crippen LogP contribution in [0.4, 0.5) is 0 Å². The average Bonchev–Trinajstić information content (AvgIpc) is 2.93.